The largest absolute Gasteiger partial charge is 0.465 e. The van der Waals surface area contributed by atoms with E-state index in [0.717, 1.165) is 29.8 Å². The van der Waals surface area contributed by atoms with Crippen molar-refractivity contribution in [3.05, 3.63) is 99.7 Å². The van der Waals surface area contributed by atoms with Crippen molar-refractivity contribution in [3.63, 3.8) is 0 Å². The molecule has 8 heteroatoms. The number of anilines is 2. The molecule has 2 amide bonds. The van der Waals surface area contributed by atoms with Crippen molar-refractivity contribution >= 4 is 34.7 Å². The predicted molar refractivity (Wildman–Crippen MR) is 155 cm³/mol. The van der Waals surface area contributed by atoms with Crippen molar-refractivity contribution in [2.24, 2.45) is 0 Å². The number of aromatic nitrogens is 1. The zero-order chi connectivity index (χ0) is 27.1. The van der Waals surface area contributed by atoms with Crippen molar-refractivity contribution in [2.75, 3.05) is 31.4 Å². The normalized spacial score (nSPS) is 16.0. The number of methoxy groups -OCH3 is 1. The number of amides is 2. The minimum atomic E-state index is -0.405. The van der Waals surface area contributed by atoms with E-state index in [-0.39, 0.29) is 12.1 Å². The van der Waals surface area contributed by atoms with E-state index in [1.165, 1.54) is 41.0 Å². The highest BCUT2D eigenvalue weighted by atomic mass is 32.1. The molecule has 200 valence electrons. The van der Waals surface area contributed by atoms with Gasteiger partial charge in [0.2, 0.25) is 0 Å². The van der Waals surface area contributed by atoms with Gasteiger partial charge in [-0.05, 0) is 85.3 Å². The summed E-state index contributed by atoms with van der Waals surface area (Å²) < 4.78 is 7.10. The number of nitrogens with one attached hydrogen (secondary N) is 1. The third kappa shape index (κ3) is 4.59. The monoisotopic (exact) mass is 540 g/mol. The first kappa shape index (κ1) is 25.2. The van der Waals surface area contributed by atoms with Gasteiger partial charge in [-0.15, -0.1) is 11.3 Å². The second-order valence-electron chi connectivity index (χ2n) is 10.3. The maximum absolute atomic E-state index is 14.1. The fourth-order valence-corrected chi connectivity index (χ4v) is 7.10. The Hall–Kier alpha value is -4.04. The van der Waals surface area contributed by atoms with Gasteiger partial charge in [-0.2, -0.15) is 0 Å². The summed E-state index contributed by atoms with van der Waals surface area (Å²) in [4.78, 5) is 31.5. The third-order valence-corrected chi connectivity index (χ3v) is 9.06. The van der Waals surface area contributed by atoms with E-state index >= 15 is 0 Å². The first-order valence-electron chi connectivity index (χ1n) is 13.3. The van der Waals surface area contributed by atoms with E-state index in [0.29, 0.717) is 17.8 Å². The van der Waals surface area contributed by atoms with E-state index in [4.69, 9.17) is 4.74 Å². The van der Waals surface area contributed by atoms with Crippen LogP contribution in [0.15, 0.2) is 66.9 Å². The second-order valence-corrected chi connectivity index (χ2v) is 11.4. The van der Waals surface area contributed by atoms with Crippen LogP contribution in [0.4, 0.5) is 16.2 Å². The summed E-state index contributed by atoms with van der Waals surface area (Å²) in [7, 11) is 5.41. The van der Waals surface area contributed by atoms with Crippen LogP contribution in [0.2, 0.25) is 0 Å². The molecule has 1 aliphatic carbocycles. The Bertz CT molecular complexity index is 1520. The van der Waals surface area contributed by atoms with Crippen LogP contribution in [0.5, 0.6) is 0 Å². The summed E-state index contributed by atoms with van der Waals surface area (Å²) in [6.07, 6.45) is 6.70. The lowest BCUT2D eigenvalue weighted by atomic mass is 9.95. The number of nitrogens with zero attached hydrogens (tertiary/aromatic N) is 3. The minimum Gasteiger partial charge on any atom is -0.465 e. The maximum Gasteiger partial charge on any atom is 0.337 e. The quantitative estimate of drug-likeness (QED) is 0.304. The van der Waals surface area contributed by atoms with Crippen molar-refractivity contribution in [2.45, 2.75) is 38.3 Å². The summed E-state index contributed by atoms with van der Waals surface area (Å²) in [5.41, 5.74) is 6.98. The van der Waals surface area contributed by atoms with E-state index in [2.05, 4.69) is 57.4 Å². The Labute approximate surface area is 232 Å². The zero-order valence-corrected chi connectivity index (χ0v) is 23.3. The van der Waals surface area contributed by atoms with Crippen LogP contribution in [-0.4, -0.2) is 42.7 Å². The van der Waals surface area contributed by atoms with E-state index in [1.807, 2.05) is 30.3 Å². The molecule has 7 nitrogen and oxygen atoms in total. The van der Waals surface area contributed by atoms with Gasteiger partial charge in [0.15, 0.2) is 0 Å². The predicted octanol–water partition coefficient (Wildman–Crippen LogP) is 6.41. The fourth-order valence-electron chi connectivity index (χ4n) is 5.69. The molecule has 0 bridgehead atoms. The fraction of sp³-hybridized carbons (Fsp3) is 0.290. The molecule has 1 atom stereocenters. The highest BCUT2D eigenvalue weighted by molar-refractivity contribution is 7.15. The summed E-state index contributed by atoms with van der Waals surface area (Å²) in [6, 6.07) is 19.0. The summed E-state index contributed by atoms with van der Waals surface area (Å²) >= 11 is 1.88. The number of rotatable bonds is 4. The summed E-state index contributed by atoms with van der Waals surface area (Å²) in [6.45, 7) is 0.523. The molecule has 0 saturated heterocycles. The Morgan fingerprint density at radius 1 is 0.974 bits per heavy atom. The number of esters is 1. The smallest absolute Gasteiger partial charge is 0.337 e. The molecule has 6 rings (SSSR count). The number of urea groups is 1. The Morgan fingerprint density at radius 2 is 1.72 bits per heavy atom. The lowest BCUT2D eigenvalue weighted by molar-refractivity contribution is 0.0600. The Morgan fingerprint density at radius 3 is 2.44 bits per heavy atom. The van der Waals surface area contributed by atoms with Crippen LogP contribution in [0, 0.1) is 0 Å². The molecular weight excluding hydrogens is 508 g/mol. The molecular formula is C31H32N4O3S. The van der Waals surface area contributed by atoms with Crippen LogP contribution in [0.1, 0.15) is 56.5 Å². The summed E-state index contributed by atoms with van der Waals surface area (Å²) in [5.74, 6) is -0.405. The van der Waals surface area contributed by atoms with Gasteiger partial charge in [-0.25, -0.2) is 9.59 Å². The maximum atomic E-state index is 14.1. The molecule has 39 heavy (non-hydrogen) atoms. The number of fused-ring (bicyclic) bond motifs is 5. The highest BCUT2D eigenvalue weighted by Crippen LogP contribution is 2.44. The van der Waals surface area contributed by atoms with Gasteiger partial charge in [-0.1, -0.05) is 12.1 Å². The lowest BCUT2D eigenvalue weighted by Gasteiger charge is -2.31. The van der Waals surface area contributed by atoms with Crippen molar-refractivity contribution in [3.8, 4) is 5.00 Å². The molecule has 0 saturated carbocycles. The van der Waals surface area contributed by atoms with Gasteiger partial charge in [0.25, 0.3) is 0 Å². The van der Waals surface area contributed by atoms with Crippen LogP contribution in [-0.2, 0) is 24.1 Å². The van der Waals surface area contributed by atoms with Gasteiger partial charge in [0.05, 0.1) is 31.0 Å². The molecule has 3 heterocycles. The molecule has 2 aromatic heterocycles. The molecule has 1 unspecified atom stereocenters. The zero-order valence-electron chi connectivity index (χ0n) is 22.4. The van der Waals surface area contributed by atoms with Crippen LogP contribution < -0.4 is 10.2 Å². The molecule has 0 fully saturated rings. The van der Waals surface area contributed by atoms with E-state index < -0.39 is 5.97 Å². The highest BCUT2D eigenvalue weighted by Gasteiger charge is 2.36. The number of aryl methyl sites for hydroxylation is 1. The number of carbonyl (C=O) groups excluding carboxylic acids is 2. The molecule has 0 radical (unpaired) electrons. The summed E-state index contributed by atoms with van der Waals surface area (Å²) in [5, 5.41) is 4.33. The molecule has 4 aromatic rings. The van der Waals surface area contributed by atoms with E-state index in [1.54, 1.807) is 24.3 Å². The van der Waals surface area contributed by atoms with Gasteiger partial charge in [-0.3, -0.25) is 0 Å². The van der Waals surface area contributed by atoms with Gasteiger partial charge in [0, 0.05) is 42.1 Å². The van der Waals surface area contributed by atoms with Crippen LogP contribution >= 0.6 is 11.3 Å². The third-order valence-electron chi connectivity index (χ3n) is 7.72. The van der Waals surface area contributed by atoms with Gasteiger partial charge < -0.3 is 24.4 Å². The molecule has 0 spiro atoms. The van der Waals surface area contributed by atoms with Gasteiger partial charge >= 0.3 is 12.0 Å². The number of carbonyl (C=O) groups is 2. The number of ether oxygens (including phenoxy) is 1. The SMILES string of the molecule is COC(=O)c1ccc(NC(=O)N2Cc3c(sc4c3CCCC4)-n3cccc3C2c2ccc(N(C)C)cc2)cc1. The lowest BCUT2D eigenvalue weighted by Crippen LogP contribution is -2.38. The standard InChI is InChI=1S/C31H32N4O3S/c1-33(2)23-16-12-20(13-17-23)28-26-8-6-18-34(26)29-25(24-7-4-5-9-27(24)39-29)19-35(28)31(37)32-22-14-10-21(11-15-22)30(36)38-3/h6,8,10-18,28H,4-5,7,9,19H2,1-3H3,(H,32,37). The average Bonchev–Trinajstić information content (AvgIpc) is 3.55. The Kier molecular flexibility index (Phi) is 6.64. The molecule has 1 N–H and O–H groups in total. The van der Waals surface area contributed by atoms with Crippen molar-refractivity contribution in [1.29, 1.82) is 0 Å². The van der Waals surface area contributed by atoms with E-state index in [9.17, 15) is 9.59 Å². The number of hydrogen-bond donors (Lipinski definition) is 1. The van der Waals surface area contributed by atoms with Crippen LogP contribution in [0.25, 0.3) is 5.00 Å². The first-order valence-corrected chi connectivity index (χ1v) is 14.1. The first-order chi connectivity index (χ1) is 18.9. The van der Waals surface area contributed by atoms with Crippen molar-refractivity contribution in [1.82, 2.24) is 9.47 Å². The number of hydrogen-bond acceptors (Lipinski definition) is 5. The van der Waals surface area contributed by atoms with Gasteiger partial charge in [0.1, 0.15) is 5.00 Å². The topological polar surface area (TPSA) is 66.8 Å². The Balaban J connectivity index is 1.43. The molecule has 1 aliphatic heterocycles. The minimum absolute atomic E-state index is 0.182. The molecule has 2 aromatic carbocycles. The number of benzene rings is 2. The van der Waals surface area contributed by atoms with Crippen molar-refractivity contribution < 1.29 is 14.3 Å². The van der Waals surface area contributed by atoms with Crippen LogP contribution in [0.3, 0.4) is 0 Å². The second kappa shape index (κ2) is 10.3. The molecule has 2 aliphatic rings. The number of thiophene rings is 1. The average molecular weight is 541 g/mol.